The van der Waals surface area contributed by atoms with E-state index in [2.05, 4.69) is 16.9 Å². The van der Waals surface area contributed by atoms with Crippen molar-refractivity contribution in [2.45, 2.75) is 71.1 Å². The van der Waals surface area contributed by atoms with E-state index in [9.17, 15) is 9.59 Å². The molecule has 0 unspecified atom stereocenters. The number of nitrogens with two attached hydrogens (primary N) is 1. The second-order valence-electron chi connectivity index (χ2n) is 5.45. The van der Waals surface area contributed by atoms with E-state index >= 15 is 0 Å². The van der Waals surface area contributed by atoms with Crippen LogP contribution in [0.15, 0.2) is 5.16 Å². The fourth-order valence-corrected chi connectivity index (χ4v) is 2.16. The molecular formula is C15H27N3O4. The number of hydrogen-bond donors (Lipinski definition) is 1. The predicted molar refractivity (Wildman–Crippen MR) is 82.4 cm³/mol. The summed E-state index contributed by atoms with van der Waals surface area (Å²) in [6.45, 7) is 2.66. The minimum absolute atomic E-state index is 0.0322. The van der Waals surface area contributed by atoms with Gasteiger partial charge < -0.3 is 15.4 Å². The predicted octanol–water partition coefficient (Wildman–Crippen LogP) is 2.45. The van der Waals surface area contributed by atoms with Gasteiger partial charge >= 0.3 is 11.9 Å². The molecule has 1 aliphatic heterocycles. The van der Waals surface area contributed by atoms with E-state index in [0.29, 0.717) is 6.54 Å². The first-order chi connectivity index (χ1) is 10.6. The lowest BCUT2D eigenvalue weighted by atomic mass is 10.1. The van der Waals surface area contributed by atoms with E-state index in [0.717, 1.165) is 19.3 Å². The number of guanidine groups is 1. The lowest BCUT2D eigenvalue weighted by molar-refractivity contribution is -0.173. The van der Waals surface area contributed by atoms with Crippen LogP contribution in [0.3, 0.4) is 0 Å². The van der Waals surface area contributed by atoms with Crippen LogP contribution in [-0.4, -0.2) is 29.5 Å². The lowest BCUT2D eigenvalue weighted by Crippen LogP contribution is -2.39. The third kappa shape index (κ3) is 7.85. The summed E-state index contributed by atoms with van der Waals surface area (Å²) in [4.78, 5) is 32.4. The standard InChI is InChI=1S/C15H27N3O4/c1-2-3-4-5-6-7-8-9-12-18-15(16)17-21-13(19)10-11-14(20)22-18/h2-12H2,1H3,(H2,16,17). The topological polar surface area (TPSA) is 94.2 Å². The second kappa shape index (κ2) is 10.9. The molecule has 0 fully saturated rings. The Kier molecular flexibility index (Phi) is 9.02. The van der Waals surface area contributed by atoms with Crippen molar-refractivity contribution in [3.05, 3.63) is 0 Å². The number of rotatable bonds is 9. The smallest absolute Gasteiger partial charge is 0.335 e. The van der Waals surface area contributed by atoms with E-state index in [1.807, 2.05) is 0 Å². The molecule has 7 nitrogen and oxygen atoms in total. The van der Waals surface area contributed by atoms with Gasteiger partial charge in [0.2, 0.25) is 0 Å². The molecule has 0 saturated carbocycles. The Hall–Kier alpha value is -1.79. The van der Waals surface area contributed by atoms with Gasteiger partial charge in [0.1, 0.15) is 0 Å². The van der Waals surface area contributed by atoms with E-state index in [1.54, 1.807) is 0 Å². The highest BCUT2D eigenvalue weighted by Crippen LogP contribution is 2.10. The zero-order chi connectivity index (χ0) is 16.2. The number of oxime groups is 1. The average molecular weight is 313 g/mol. The first kappa shape index (κ1) is 18.3. The third-order valence-electron chi connectivity index (χ3n) is 3.46. The van der Waals surface area contributed by atoms with Crippen LogP contribution in [-0.2, 0) is 19.3 Å². The van der Waals surface area contributed by atoms with Crippen molar-refractivity contribution in [1.29, 1.82) is 0 Å². The summed E-state index contributed by atoms with van der Waals surface area (Å²) in [5.41, 5.74) is 5.66. The second-order valence-corrected chi connectivity index (χ2v) is 5.45. The molecule has 0 bridgehead atoms. The third-order valence-corrected chi connectivity index (χ3v) is 3.46. The monoisotopic (exact) mass is 313 g/mol. The summed E-state index contributed by atoms with van der Waals surface area (Å²) in [6, 6.07) is 0. The average Bonchev–Trinajstić information content (AvgIpc) is 2.56. The maximum Gasteiger partial charge on any atom is 0.335 e. The van der Waals surface area contributed by atoms with Crippen LogP contribution in [0.2, 0.25) is 0 Å². The number of carbonyl (C=O) groups excluding carboxylic acids is 2. The van der Waals surface area contributed by atoms with Crippen LogP contribution in [0.5, 0.6) is 0 Å². The molecule has 1 heterocycles. The molecule has 1 rings (SSSR count). The van der Waals surface area contributed by atoms with Crippen molar-refractivity contribution in [3.63, 3.8) is 0 Å². The maximum atomic E-state index is 11.5. The molecule has 0 aliphatic carbocycles. The summed E-state index contributed by atoms with van der Waals surface area (Å²) in [5, 5.41) is 4.69. The Morgan fingerprint density at radius 3 is 2.27 bits per heavy atom. The van der Waals surface area contributed by atoms with Crippen molar-refractivity contribution >= 4 is 17.9 Å². The highest BCUT2D eigenvalue weighted by molar-refractivity contribution is 5.83. The Balaban J connectivity index is 2.26. The number of nitrogens with zero attached hydrogens (tertiary/aromatic N) is 2. The molecule has 0 amide bonds. The highest BCUT2D eigenvalue weighted by Gasteiger charge is 2.19. The summed E-state index contributed by atoms with van der Waals surface area (Å²) in [5.74, 6) is -1.20. The van der Waals surface area contributed by atoms with E-state index in [4.69, 9.17) is 10.6 Å². The Bertz CT molecular complexity index is 385. The van der Waals surface area contributed by atoms with Crippen LogP contribution < -0.4 is 5.73 Å². The highest BCUT2D eigenvalue weighted by atomic mass is 16.7. The fourth-order valence-electron chi connectivity index (χ4n) is 2.16. The molecule has 0 aromatic carbocycles. The molecule has 126 valence electrons. The van der Waals surface area contributed by atoms with E-state index in [-0.39, 0.29) is 18.8 Å². The van der Waals surface area contributed by atoms with E-state index < -0.39 is 11.9 Å². The van der Waals surface area contributed by atoms with Crippen LogP contribution in [0.1, 0.15) is 71.1 Å². The Morgan fingerprint density at radius 1 is 1.00 bits per heavy atom. The summed E-state index contributed by atoms with van der Waals surface area (Å²) < 4.78 is 0. The summed E-state index contributed by atoms with van der Waals surface area (Å²) in [7, 11) is 0. The number of carbonyl (C=O) groups is 2. The van der Waals surface area contributed by atoms with Gasteiger partial charge in [-0.3, -0.25) is 0 Å². The normalized spacial score (nSPS) is 18.6. The van der Waals surface area contributed by atoms with Gasteiger partial charge in [0, 0.05) is 0 Å². The fraction of sp³-hybridized carbons (Fsp3) is 0.800. The lowest BCUT2D eigenvalue weighted by Gasteiger charge is -2.20. The van der Waals surface area contributed by atoms with Crippen LogP contribution in [0, 0.1) is 0 Å². The van der Waals surface area contributed by atoms with Gasteiger partial charge in [-0.1, -0.05) is 51.9 Å². The minimum Gasteiger partial charge on any atom is -0.365 e. The van der Waals surface area contributed by atoms with Crippen molar-refractivity contribution in [2.24, 2.45) is 10.9 Å². The minimum atomic E-state index is -0.589. The Labute approximate surface area is 131 Å². The summed E-state index contributed by atoms with van der Waals surface area (Å²) in [6.07, 6.45) is 9.28. The van der Waals surface area contributed by atoms with Gasteiger partial charge in [-0.05, 0) is 11.6 Å². The molecule has 0 aromatic heterocycles. The van der Waals surface area contributed by atoms with Gasteiger partial charge in [-0.25, -0.2) is 9.59 Å². The summed E-state index contributed by atoms with van der Waals surface area (Å²) >= 11 is 0. The molecule has 0 aromatic rings. The molecular weight excluding hydrogens is 286 g/mol. The molecule has 22 heavy (non-hydrogen) atoms. The number of hydrogen-bond acceptors (Lipinski definition) is 7. The zero-order valence-electron chi connectivity index (χ0n) is 13.4. The molecule has 1 aliphatic rings. The zero-order valence-corrected chi connectivity index (χ0v) is 13.4. The number of hydroxylamine groups is 2. The van der Waals surface area contributed by atoms with Crippen LogP contribution in [0.25, 0.3) is 0 Å². The first-order valence-corrected chi connectivity index (χ1v) is 8.15. The number of unbranched alkanes of at least 4 members (excludes halogenated alkanes) is 7. The van der Waals surface area contributed by atoms with E-state index in [1.165, 1.54) is 37.2 Å². The molecule has 0 atom stereocenters. The van der Waals surface area contributed by atoms with Gasteiger partial charge in [-0.15, -0.1) is 0 Å². The van der Waals surface area contributed by atoms with Gasteiger partial charge in [-0.2, -0.15) is 5.06 Å². The quantitative estimate of drug-likeness (QED) is 0.519. The first-order valence-electron chi connectivity index (χ1n) is 8.15. The molecule has 0 saturated heterocycles. The van der Waals surface area contributed by atoms with Gasteiger partial charge in [0.05, 0.1) is 19.4 Å². The molecule has 7 heteroatoms. The molecule has 0 spiro atoms. The molecule has 2 N–H and O–H groups in total. The van der Waals surface area contributed by atoms with Crippen molar-refractivity contribution in [1.82, 2.24) is 5.06 Å². The van der Waals surface area contributed by atoms with Crippen LogP contribution >= 0.6 is 0 Å². The van der Waals surface area contributed by atoms with Crippen molar-refractivity contribution in [2.75, 3.05) is 6.54 Å². The van der Waals surface area contributed by atoms with Crippen LogP contribution in [0.4, 0.5) is 0 Å². The maximum absolute atomic E-state index is 11.5. The molecule has 0 radical (unpaired) electrons. The Morgan fingerprint density at radius 2 is 1.59 bits per heavy atom. The van der Waals surface area contributed by atoms with Crippen molar-refractivity contribution in [3.8, 4) is 0 Å². The largest absolute Gasteiger partial charge is 0.365 e. The van der Waals surface area contributed by atoms with Crippen molar-refractivity contribution < 1.29 is 19.3 Å². The van der Waals surface area contributed by atoms with Gasteiger partial charge in [0.25, 0.3) is 5.96 Å². The van der Waals surface area contributed by atoms with Gasteiger partial charge in [0.15, 0.2) is 0 Å². The SMILES string of the molecule is CCCCCCCCCCN1OC(=O)CCC(=O)O/N=C\1N.